The van der Waals surface area contributed by atoms with Crippen LogP contribution in [-0.2, 0) is 19.1 Å². The number of amides is 4. The van der Waals surface area contributed by atoms with Gasteiger partial charge in [0.2, 0.25) is 17.7 Å². The number of rotatable bonds is 10. The Bertz CT molecular complexity index is 1200. The quantitative estimate of drug-likeness (QED) is 0.191. The molecule has 11 heteroatoms. The van der Waals surface area contributed by atoms with E-state index in [1.54, 1.807) is 25.7 Å². The molecule has 2 aromatic carbocycles. The van der Waals surface area contributed by atoms with Gasteiger partial charge in [-0.05, 0) is 57.6 Å². The summed E-state index contributed by atoms with van der Waals surface area (Å²) in [6.07, 6.45) is 1.67. The molecule has 11 nitrogen and oxygen atoms in total. The fraction of sp³-hybridized carbons (Fsp3) is 0.452. The summed E-state index contributed by atoms with van der Waals surface area (Å²) in [7, 11) is 0. The second-order valence-corrected chi connectivity index (χ2v) is 11.3. The van der Waals surface area contributed by atoms with E-state index in [0.717, 1.165) is 24.0 Å². The Kier molecular flexibility index (Phi) is 11.5. The number of nitrogens with one attached hydrogen (secondary N) is 2. The molecule has 0 spiro atoms. The lowest BCUT2D eigenvalue weighted by Gasteiger charge is -2.39. The van der Waals surface area contributed by atoms with Crippen LogP contribution in [0.25, 0.3) is 0 Å². The number of hydrogen-bond acceptors (Lipinski definition) is 5. The fourth-order valence-corrected chi connectivity index (χ4v) is 5.04. The van der Waals surface area contributed by atoms with Gasteiger partial charge < -0.3 is 31.7 Å². The molecule has 0 radical (unpaired) electrons. The van der Waals surface area contributed by atoms with E-state index in [4.69, 9.17) is 16.2 Å². The number of nitrogens with zero attached hydrogens (tertiary/aromatic N) is 2. The lowest BCUT2D eigenvalue weighted by atomic mass is 9.83. The molecule has 1 saturated heterocycles. The third-order valence-electron chi connectivity index (χ3n) is 6.80. The molecule has 1 aliphatic rings. The van der Waals surface area contributed by atoms with Gasteiger partial charge in [0, 0.05) is 25.4 Å². The molecule has 2 aromatic rings. The minimum atomic E-state index is -1.05. The number of hydrogen-bond donors (Lipinski definition) is 4. The van der Waals surface area contributed by atoms with Crippen molar-refractivity contribution in [1.29, 1.82) is 0 Å². The highest BCUT2D eigenvalue weighted by Crippen LogP contribution is 2.31. The van der Waals surface area contributed by atoms with Gasteiger partial charge in [-0.25, -0.2) is 4.79 Å². The van der Waals surface area contributed by atoms with Crippen LogP contribution in [0.5, 0.6) is 0 Å². The monoisotopic (exact) mass is 578 g/mol. The Labute approximate surface area is 247 Å². The summed E-state index contributed by atoms with van der Waals surface area (Å²) in [4.78, 5) is 57.6. The molecular weight excluding hydrogens is 536 g/mol. The second-order valence-electron chi connectivity index (χ2n) is 11.3. The molecule has 1 unspecified atom stereocenters. The Morgan fingerprint density at radius 1 is 0.976 bits per heavy atom. The Hall–Kier alpha value is -4.41. The number of nitrogens with two attached hydrogens (primary N) is 2. The summed E-state index contributed by atoms with van der Waals surface area (Å²) < 4.78 is 5.56. The summed E-state index contributed by atoms with van der Waals surface area (Å²) in [6, 6.07) is 17.2. The number of benzene rings is 2. The summed E-state index contributed by atoms with van der Waals surface area (Å²) in [5.41, 5.74) is 11.4. The van der Waals surface area contributed by atoms with E-state index >= 15 is 0 Å². The Balaban J connectivity index is 1.89. The van der Waals surface area contributed by atoms with Crippen LogP contribution in [0.1, 0.15) is 69.9 Å². The van der Waals surface area contributed by atoms with Crippen molar-refractivity contribution in [2.45, 2.75) is 76.5 Å². The summed E-state index contributed by atoms with van der Waals surface area (Å²) in [5.74, 6) is -2.01. The third kappa shape index (κ3) is 9.60. The van der Waals surface area contributed by atoms with Crippen LogP contribution in [0, 0.1) is 0 Å². The molecule has 1 aliphatic heterocycles. The first-order valence-corrected chi connectivity index (χ1v) is 14.3. The van der Waals surface area contributed by atoms with Crippen molar-refractivity contribution in [3.8, 4) is 0 Å². The topological polar surface area (TPSA) is 169 Å². The van der Waals surface area contributed by atoms with Crippen LogP contribution >= 0.6 is 0 Å². The van der Waals surface area contributed by atoms with Gasteiger partial charge in [0.15, 0.2) is 5.96 Å². The molecule has 6 N–H and O–H groups in total. The maximum absolute atomic E-state index is 14.4. The number of carbonyl (C=O) groups excluding carboxylic acids is 4. The maximum atomic E-state index is 14.4. The van der Waals surface area contributed by atoms with Crippen molar-refractivity contribution in [2.24, 2.45) is 16.5 Å². The molecular formula is C31H42N6O5. The van der Waals surface area contributed by atoms with E-state index in [-0.39, 0.29) is 30.7 Å². The van der Waals surface area contributed by atoms with Crippen LogP contribution in [0.4, 0.5) is 4.79 Å². The first-order chi connectivity index (χ1) is 20.0. The Morgan fingerprint density at radius 2 is 1.57 bits per heavy atom. The zero-order chi connectivity index (χ0) is 30.7. The molecule has 0 bridgehead atoms. The van der Waals surface area contributed by atoms with Crippen LogP contribution < -0.4 is 22.1 Å². The lowest BCUT2D eigenvalue weighted by molar-refractivity contribution is -0.144. The molecule has 2 atom stereocenters. The number of guanidine groups is 1. The van der Waals surface area contributed by atoms with E-state index in [0.29, 0.717) is 19.4 Å². The molecule has 0 aliphatic carbocycles. The minimum Gasteiger partial charge on any atom is -0.444 e. The third-order valence-corrected chi connectivity index (χ3v) is 6.80. The van der Waals surface area contributed by atoms with Crippen LogP contribution in [0.15, 0.2) is 65.7 Å². The van der Waals surface area contributed by atoms with Gasteiger partial charge in [0.1, 0.15) is 17.7 Å². The summed E-state index contributed by atoms with van der Waals surface area (Å²) >= 11 is 0. The van der Waals surface area contributed by atoms with Gasteiger partial charge in [0.05, 0.1) is 0 Å². The Morgan fingerprint density at radius 3 is 2.12 bits per heavy atom. The average molecular weight is 579 g/mol. The predicted molar refractivity (Wildman–Crippen MR) is 160 cm³/mol. The van der Waals surface area contributed by atoms with Crippen molar-refractivity contribution in [1.82, 2.24) is 15.5 Å². The van der Waals surface area contributed by atoms with E-state index in [1.807, 2.05) is 60.7 Å². The van der Waals surface area contributed by atoms with Gasteiger partial charge in [0.25, 0.3) is 0 Å². The zero-order valence-corrected chi connectivity index (χ0v) is 24.5. The first-order valence-electron chi connectivity index (χ1n) is 14.3. The average Bonchev–Trinajstić information content (AvgIpc) is 2.94. The maximum Gasteiger partial charge on any atom is 0.408 e. The highest BCUT2D eigenvalue weighted by atomic mass is 16.6. The van der Waals surface area contributed by atoms with Gasteiger partial charge in [-0.3, -0.25) is 14.4 Å². The first kappa shape index (κ1) is 32.1. The highest BCUT2D eigenvalue weighted by molar-refractivity contribution is 5.93. The molecule has 0 saturated carbocycles. The summed E-state index contributed by atoms with van der Waals surface area (Å²) in [5, 5.41) is 5.69. The van der Waals surface area contributed by atoms with Gasteiger partial charge in [-0.15, -0.1) is 0 Å². The molecule has 4 amide bonds. The zero-order valence-electron chi connectivity index (χ0n) is 24.5. The SMILES string of the molecule is CC(C)(C)OC(=O)N[C@@H](C(=O)N1CCCCC1C(=O)NCCCC(=O)N=C(N)N)C(c1ccccc1)c1ccccc1. The van der Waals surface area contributed by atoms with Crippen LogP contribution in [-0.4, -0.2) is 65.4 Å². The number of aliphatic imine (C=N–C) groups is 1. The smallest absolute Gasteiger partial charge is 0.408 e. The largest absolute Gasteiger partial charge is 0.444 e. The number of carbonyl (C=O) groups is 4. The van der Waals surface area contributed by atoms with Crippen molar-refractivity contribution >= 4 is 29.8 Å². The normalized spacial score (nSPS) is 15.8. The number of ether oxygens (including phenoxy) is 1. The second kappa shape index (κ2) is 15.0. The molecule has 1 fully saturated rings. The van der Waals surface area contributed by atoms with Crippen LogP contribution in [0.2, 0.25) is 0 Å². The molecule has 42 heavy (non-hydrogen) atoms. The van der Waals surface area contributed by atoms with E-state index in [1.165, 1.54) is 0 Å². The standard InChI is InChI=1S/C31H42N6O5/c1-31(2,3)42-30(41)36-26(25(21-13-6-4-7-14-21)22-15-8-5-9-16-22)28(40)37-20-11-10-17-23(37)27(39)34-19-12-18-24(38)35-29(32)33/h4-9,13-16,23,25-26H,10-12,17-20H2,1-3H3,(H,34,39)(H,36,41)(H4,32,33,35,38)/t23?,26-/m1/s1. The van der Waals surface area contributed by atoms with Crippen molar-refractivity contribution < 1.29 is 23.9 Å². The lowest BCUT2D eigenvalue weighted by Crippen LogP contribution is -2.59. The fourth-order valence-electron chi connectivity index (χ4n) is 5.04. The van der Waals surface area contributed by atoms with Gasteiger partial charge in [-0.2, -0.15) is 4.99 Å². The predicted octanol–water partition coefficient (Wildman–Crippen LogP) is 2.79. The molecule has 1 heterocycles. The van der Waals surface area contributed by atoms with Gasteiger partial charge in [-0.1, -0.05) is 60.7 Å². The van der Waals surface area contributed by atoms with Gasteiger partial charge >= 0.3 is 6.09 Å². The van der Waals surface area contributed by atoms with Crippen molar-refractivity contribution in [3.63, 3.8) is 0 Å². The van der Waals surface area contributed by atoms with Crippen LogP contribution in [0.3, 0.4) is 0 Å². The molecule has 0 aromatic heterocycles. The molecule has 226 valence electrons. The molecule has 3 rings (SSSR count). The van der Waals surface area contributed by atoms with E-state index < -0.39 is 35.6 Å². The van der Waals surface area contributed by atoms with Crippen molar-refractivity contribution in [3.05, 3.63) is 71.8 Å². The number of piperidine rings is 1. The number of likely N-dealkylation sites (tertiary alicyclic amines) is 1. The minimum absolute atomic E-state index is 0.0726. The van der Waals surface area contributed by atoms with Crippen molar-refractivity contribution in [2.75, 3.05) is 13.1 Å². The summed E-state index contributed by atoms with van der Waals surface area (Å²) in [6.45, 7) is 5.85. The number of alkyl carbamates (subject to hydrolysis) is 1. The van der Waals surface area contributed by atoms with E-state index in [2.05, 4.69) is 15.6 Å². The highest BCUT2D eigenvalue weighted by Gasteiger charge is 2.41. The van der Waals surface area contributed by atoms with E-state index in [9.17, 15) is 19.2 Å².